The third-order valence-corrected chi connectivity index (χ3v) is 11.0. The molecular formula is C29H37Cl2NO12. The van der Waals surface area contributed by atoms with Crippen LogP contribution in [0, 0.1) is 17.8 Å². The number of aliphatic carboxylic acids is 1. The minimum absolute atomic E-state index is 0.00530. The number of benzene rings is 1. The van der Waals surface area contributed by atoms with Gasteiger partial charge in [0.1, 0.15) is 24.1 Å². The van der Waals surface area contributed by atoms with Crippen molar-refractivity contribution in [2.75, 3.05) is 13.7 Å². The molecule has 1 spiro atoms. The van der Waals surface area contributed by atoms with Crippen molar-refractivity contribution in [3.05, 3.63) is 28.8 Å². The van der Waals surface area contributed by atoms with E-state index in [0.29, 0.717) is 11.5 Å². The molecule has 6 fully saturated rings. The molecule has 2 heterocycles. The van der Waals surface area contributed by atoms with Crippen molar-refractivity contribution in [1.29, 1.82) is 0 Å². The predicted molar refractivity (Wildman–Crippen MR) is 150 cm³/mol. The van der Waals surface area contributed by atoms with Gasteiger partial charge < -0.3 is 45.1 Å². The van der Waals surface area contributed by atoms with E-state index < -0.39 is 72.5 Å². The van der Waals surface area contributed by atoms with Gasteiger partial charge in [-0.2, -0.15) is 4.89 Å². The maximum absolute atomic E-state index is 12.8. The highest BCUT2D eigenvalue weighted by molar-refractivity contribution is 6.32. The van der Waals surface area contributed by atoms with Crippen LogP contribution < -0.4 is 10.1 Å². The number of methoxy groups -OCH3 is 1. The second-order valence-corrected chi connectivity index (χ2v) is 14.1. The highest BCUT2D eigenvalue weighted by Gasteiger charge is 2.78. The Morgan fingerprint density at radius 2 is 1.82 bits per heavy atom. The zero-order valence-electron chi connectivity index (χ0n) is 24.2. The molecule has 13 nitrogen and oxygen atoms in total. The van der Waals surface area contributed by atoms with Crippen molar-refractivity contribution in [2.45, 2.75) is 98.0 Å². The van der Waals surface area contributed by atoms with Crippen LogP contribution in [0.5, 0.6) is 5.75 Å². The molecule has 1 aromatic carbocycles. The van der Waals surface area contributed by atoms with Gasteiger partial charge in [0.25, 0.3) is 5.79 Å². The zero-order chi connectivity index (χ0) is 31.8. The fourth-order valence-electron chi connectivity index (χ4n) is 8.54. The lowest BCUT2D eigenvalue weighted by atomic mass is 9.46. The molecule has 2 saturated heterocycles. The van der Waals surface area contributed by atoms with E-state index in [0.717, 1.165) is 39.0 Å². The molecule has 4 saturated carbocycles. The number of hydrogen-bond acceptors (Lipinski definition) is 11. The maximum Gasteiger partial charge on any atom is 0.377 e. The van der Waals surface area contributed by atoms with Crippen LogP contribution in [0.4, 0.5) is 0 Å². The summed E-state index contributed by atoms with van der Waals surface area (Å²) in [5.41, 5.74) is -0.396. The van der Waals surface area contributed by atoms with Crippen molar-refractivity contribution in [3.63, 3.8) is 0 Å². The number of amides is 1. The number of carbonyl (C=O) groups excluding carboxylic acids is 1. The molecule has 6 N–H and O–H groups in total. The first-order valence-electron chi connectivity index (χ1n) is 14.7. The van der Waals surface area contributed by atoms with Crippen LogP contribution in [0.15, 0.2) is 18.2 Å². The minimum Gasteiger partial charge on any atom is -0.476 e. The summed E-state index contributed by atoms with van der Waals surface area (Å²) in [7, 11) is 1.50. The molecule has 15 heteroatoms. The van der Waals surface area contributed by atoms with Gasteiger partial charge in [0.2, 0.25) is 5.91 Å². The van der Waals surface area contributed by atoms with Gasteiger partial charge in [-0.1, -0.05) is 17.7 Å². The standard InChI is InChI=1S/C29H37Cl2NO12/c1-13(34)32-22-19(35)11-27(25(38)39,42-24(22)23(37)20(36)12-33)41-21-7-15(3-4-18(21)30)29(40-2)28(43-44-29)16-5-14-6-17(28)10-26(31,8-14)9-16/h3-4,7,14,16-17,19-20,22-24,33,35-37H,5-6,8-12H2,1-2H3,(H,32,34)(H,38,39). The number of hydrogen-bond donors (Lipinski definition) is 6. The zero-order valence-corrected chi connectivity index (χ0v) is 25.7. The second kappa shape index (κ2) is 11.2. The Morgan fingerprint density at radius 3 is 2.34 bits per heavy atom. The number of carboxylic acids is 1. The third kappa shape index (κ3) is 4.74. The summed E-state index contributed by atoms with van der Waals surface area (Å²) in [4.78, 5) is 36.1. The summed E-state index contributed by atoms with van der Waals surface area (Å²) in [5, 5.41) is 54.0. The van der Waals surface area contributed by atoms with Crippen molar-refractivity contribution in [2.24, 2.45) is 17.8 Å². The van der Waals surface area contributed by atoms with Crippen LogP contribution in [0.3, 0.4) is 0 Å². The first-order valence-corrected chi connectivity index (χ1v) is 15.4. The number of aliphatic hydroxyl groups is 4. The van der Waals surface area contributed by atoms with Gasteiger partial charge in [-0.05, 0) is 62.0 Å². The smallest absolute Gasteiger partial charge is 0.377 e. The van der Waals surface area contributed by atoms with Crippen LogP contribution in [0.1, 0.15) is 51.0 Å². The normalized spacial score (nSPS) is 43.7. The van der Waals surface area contributed by atoms with E-state index >= 15 is 0 Å². The van der Waals surface area contributed by atoms with Crippen molar-refractivity contribution in [3.8, 4) is 5.75 Å². The van der Waals surface area contributed by atoms with Crippen LogP contribution in [-0.4, -0.2) is 97.8 Å². The van der Waals surface area contributed by atoms with Gasteiger partial charge in [0, 0.05) is 24.5 Å². The predicted octanol–water partition coefficient (Wildman–Crippen LogP) is 1.19. The number of alkyl halides is 1. The second-order valence-electron chi connectivity index (χ2n) is 12.9. The Hall–Kier alpha value is -1.78. The summed E-state index contributed by atoms with van der Waals surface area (Å²) in [6.07, 6.45) is -3.49. The quantitative estimate of drug-likeness (QED) is 0.164. The number of nitrogens with one attached hydrogen (secondary N) is 1. The van der Waals surface area contributed by atoms with Crippen LogP contribution in [0.2, 0.25) is 5.02 Å². The Balaban J connectivity index is 1.35. The molecule has 0 aromatic heterocycles. The van der Waals surface area contributed by atoms with E-state index in [-0.39, 0.29) is 27.5 Å². The Kier molecular flexibility index (Phi) is 8.18. The molecular weight excluding hydrogens is 625 g/mol. The molecule has 0 radical (unpaired) electrons. The fraction of sp³-hybridized carbons (Fsp3) is 0.724. The molecule has 4 aliphatic carbocycles. The average molecular weight is 663 g/mol. The largest absolute Gasteiger partial charge is 0.476 e. The molecule has 244 valence electrons. The molecule has 44 heavy (non-hydrogen) atoms. The first-order chi connectivity index (χ1) is 20.7. The van der Waals surface area contributed by atoms with Crippen molar-refractivity contribution in [1.82, 2.24) is 5.32 Å². The van der Waals surface area contributed by atoms with Gasteiger partial charge in [-0.25, -0.2) is 9.68 Å². The van der Waals surface area contributed by atoms with Crippen molar-refractivity contribution >= 4 is 35.1 Å². The Morgan fingerprint density at radius 1 is 1.14 bits per heavy atom. The molecule has 4 bridgehead atoms. The summed E-state index contributed by atoms with van der Waals surface area (Å²) < 4.78 is 17.8. The summed E-state index contributed by atoms with van der Waals surface area (Å²) in [5.74, 6) is -5.88. The van der Waals surface area contributed by atoms with Gasteiger partial charge in [0.15, 0.2) is 5.60 Å². The van der Waals surface area contributed by atoms with Gasteiger partial charge in [-0.15, -0.1) is 11.6 Å². The lowest BCUT2D eigenvalue weighted by Crippen LogP contribution is -2.78. The SMILES string of the molecule is COC1(c2ccc(Cl)c(OC3(C(=O)O)CC(O)C(NC(C)=O)C(C(O)C(O)CO)O3)c2)OOC12C1CC3CC2CC(Cl)(C3)C1. The molecule has 1 amide bonds. The lowest BCUT2D eigenvalue weighted by molar-refractivity contribution is -0.645. The first kappa shape index (κ1) is 32.2. The monoisotopic (exact) mass is 661 g/mol. The van der Waals surface area contributed by atoms with Crippen LogP contribution in [0.25, 0.3) is 0 Å². The number of halogens is 2. The van der Waals surface area contributed by atoms with E-state index in [4.69, 9.17) is 47.2 Å². The van der Waals surface area contributed by atoms with E-state index in [1.807, 2.05) is 0 Å². The summed E-state index contributed by atoms with van der Waals surface area (Å²) >= 11 is 13.5. The minimum atomic E-state index is -2.64. The van der Waals surface area contributed by atoms with Crippen LogP contribution in [-0.2, 0) is 34.6 Å². The Labute approximate surface area is 263 Å². The molecule has 6 aliphatic rings. The molecule has 9 atom stereocenters. The molecule has 7 rings (SSSR count). The van der Waals surface area contributed by atoms with E-state index in [9.17, 15) is 35.1 Å². The van der Waals surface area contributed by atoms with Gasteiger partial charge in [0.05, 0.1) is 30.2 Å². The topological polar surface area (TPSA) is 193 Å². The molecule has 9 unspecified atom stereocenters. The Bertz CT molecular complexity index is 1300. The number of carbonyl (C=O) groups is 2. The lowest BCUT2D eigenvalue weighted by Gasteiger charge is -2.70. The number of rotatable bonds is 9. The molecule has 2 aliphatic heterocycles. The average Bonchev–Trinajstić information content (AvgIpc) is 2.94. The molecule has 1 aromatic rings. The fourth-order valence-corrected chi connectivity index (χ4v) is 9.29. The maximum atomic E-state index is 12.8. The summed E-state index contributed by atoms with van der Waals surface area (Å²) in [6, 6.07) is 3.27. The third-order valence-electron chi connectivity index (χ3n) is 10.2. The summed E-state index contributed by atoms with van der Waals surface area (Å²) in [6.45, 7) is 0.246. The van der Waals surface area contributed by atoms with Crippen molar-refractivity contribution < 1.29 is 59.1 Å². The number of aliphatic hydroxyl groups excluding tert-OH is 4. The highest BCUT2D eigenvalue weighted by atomic mass is 35.5. The number of ether oxygens (including phenoxy) is 3. The number of carboxylic acid groups (broad SMARTS) is 1. The van der Waals surface area contributed by atoms with Crippen LogP contribution >= 0.6 is 23.2 Å². The van der Waals surface area contributed by atoms with E-state index in [1.165, 1.54) is 19.2 Å². The van der Waals surface area contributed by atoms with Gasteiger partial charge >= 0.3 is 11.8 Å². The van der Waals surface area contributed by atoms with Gasteiger partial charge in [-0.3, -0.25) is 4.79 Å². The highest BCUT2D eigenvalue weighted by Crippen LogP contribution is 2.71. The van der Waals surface area contributed by atoms with E-state index in [2.05, 4.69) is 5.32 Å². The van der Waals surface area contributed by atoms with E-state index in [1.54, 1.807) is 6.07 Å².